The van der Waals surface area contributed by atoms with Crippen molar-refractivity contribution >= 4 is 77.4 Å². The van der Waals surface area contributed by atoms with Crippen molar-refractivity contribution in [1.29, 1.82) is 0 Å². The van der Waals surface area contributed by atoms with Gasteiger partial charge in [-0.05, 0) is 80.8 Å². The van der Waals surface area contributed by atoms with Crippen molar-refractivity contribution in [3.8, 4) is 0 Å². The molecule has 0 aliphatic rings. The van der Waals surface area contributed by atoms with Crippen LogP contribution in [0.15, 0.2) is 28.1 Å². The molecule has 17 heavy (non-hydrogen) atoms. The third-order valence-electron chi connectivity index (χ3n) is 2.36. The van der Waals surface area contributed by atoms with Crippen molar-refractivity contribution < 1.29 is 0 Å². The second-order valence-corrected chi connectivity index (χ2v) is 8.55. The molecule has 0 nitrogen and oxygen atoms in total. The Morgan fingerprint density at radius 1 is 1.35 bits per heavy atom. The fourth-order valence-electron chi connectivity index (χ4n) is 1.47. The van der Waals surface area contributed by atoms with E-state index in [1.165, 1.54) is 23.4 Å². The lowest BCUT2D eigenvalue weighted by atomic mass is 10.1. The smallest absolute Gasteiger partial charge is 0.0749 e. The summed E-state index contributed by atoms with van der Waals surface area (Å²) >= 11 is 17.5. The summed E-state index contributed by atoms with van der Waals surface area (Å²) < 4.78 is 2.41. The fourth-order valence-corrected chi connectivity index (χ4v) is 5.09. The van der Waals surface area contributed by atoms with Gasteiger partial charge in [-0.15, -0.1) is 11.3 Å². The van der Waals surface area contributed by atoms with Gasteiger partial charge in [0, 0.05) is 13.5 Å². The number of hydrogen-bond donors (Lipinski definition) is 0. The highest BCUT2D eigenvalue weighted by Crippen LogP contribution is 2.41. The molecule has 0 bridgehead atoms. The first-order valence-electron chi connectivity index (χ1n) is 4.84. The van der Waals surface area contributed by atoms with Gasteiger partial charge < -0.3 is 0 Å². The summed E-state index contributed by atoms with van der Waals surface area (Å²) in [5.41, 5.74) is 2.48. The minimum atomic E-state index is 0.197. The van der Waals surface area contributed by atoms with Crippen LogP contribution in [0.1, 0.15) is 20.8 Å². The number of alkyl halides is 1. The van der Waals surface area contributed by atoms with Gasteiger partial charge in [0.05, 0.1) is 8.61 Å². The molecule has 0 amide bonds. The second kappa shape index (κ2) is 5.90. The first kappa shape index (κ1) is 14.3. The third kappa shape index (κ3) is 3.26. The Bertz CT molecular complexity index is 534. The van der Waals surface area contributed by atoms with Crippen LogP contribution in [0.3, 0.4) is 0 Å². The number of benzene rings is 1. The van der Waals surface area contributed by atoms with Crippen LogP contribution in [0, 0.1) is 10.5 Å². The fraction of sp³-hybridized carbons (Fsp3) is 0.167. The van der Waals surface area contributed by atoms with Crippen LogP contribution in [0.5, 0.6) is 0 Å². The Balaban J connectivity index is 2.42. The molecule has 1 heterocycles. The van der Waals surface area contributed by atoms with Gasteiger partial charge in [0.2, 0.25) is 0 Å². The van der Waals surface area contributed by atoms with Gasteiger partial charge in [0.25, 0.3) is 0 Å². The molecule has 1 aromatic heterocycles. The Hall–Kier alpha value is 0.900. The van der Waals surface area contributed by atoms with Crippen LogP contribution in [0.4, 0.5) is 0 Å². The molecule has 0 fully saturated rings. The number of thiophene rings is 1. The predicted molar refractivity (Wildman–Crippen MR) is 91.7 cm³/mol. The average Bonchev–Trinajstić information content (AvgIpc) is 2.62. The highest BCUT2D eigenvalue weighted by atomic mass is 127. The molecule has 0 saturated carbocycles. The molecule has 90 valence electrons. The van der Waals surface area contributed by atoms with Gasteiger partial charge in [-0.1, -0.05) is 27.5 Å². The van der Waals surface area contributed by atoms with E-state index in [4.69, 9.17) is 11.6 Å². The number of halogens is 4. The Labute approximate surface area is 140 Å². The molecule has 1 aromatic carbocycles. The lowest BCUT2D eigenvalue weighted by Crippen LogP contribution is -1.93. The first-order valence-corrected chi connectivity index (χ1v) is 8.82. The summed E-state index contributed by atoms with van der Waals surface area (Å²) in [4.78, 5) is 1.48. The van der Waals surface area contributed by atoms with Gasteiger partial charge in [0.15, 0.2) is 0 Å². The summed E-state index contributed by atoms with van der Waals surface area (Å²) in [6.07, 6.45) is 0. The molecule has 0 spiro atoms. The minimum absolute atomic E-state index is 0.197. The quantitative estimate of drug-likeness (QED) is 0.320. The summed E-state index contributed by atoms with van der Waals surface area (Å²) in [6, 6.07) is 8.18. The molecule has 1 unspecified atom stereocenters. The highest BCUT2D eigenvalue weighted by molar-refractivity contribution is 14.1. The maximum atomic E-state index is 6.05. The standard InChI is InChI=1S/C12H8Br2ClIS/c1-6-4-10(17-12(6)14)11(13)8-5-7(15)2-3-9(8)16/h2-5,11H,1H3. The highest BCUT2D eigenvalue weighted by Gasteiger charge is 2.17. The van der Waals surface area contributed by atoms with E-state index in [0.29, 0.717) is 0 Å². The third-order valence-corrected chi connectivity index (χ3v) is 7.07. The van der Waals surface area contributed by atoms with E-state index < -0.39 is 0 Å². The van der Waals surface area contributed by atoms with E-state index in [-0.39, 0.29) is 4.83 Å². The summed E-state index contributed by atoms with van der Waals surface area (Å²) in [6.45, 7) is 2.10. The largest absolute Gasteiger partial charge is 0.131 e. The molecule has 0 N–H and O–H groups in total. The van der Waals surface area contributed by atoms with Gasteiger partial charge in [-0.2, -0.15) is 0 Å². The van der Waals surface area contributed by atoms with Crippen molar-refractivity contribution in [2.24, 2.45) is 0 Å². The van der Waals surface area contributed by atoms with E-state index in [9.17, 15) is 0 Å². The molecule has 1 atom stereocenters. The number of aryl methyl sites for hydroxylation is 1. The monoisotopic (exact) mass is 504 g/mol. The van der Waals surface area contributed by atoms with Crippen LogP contribution in [-0.2, 0) is 0 Å². The molecule has 5 heteroatoms. The van der Waals surface area contributed by atoms with Gasteiger partial charge in [-0.25, -0.2) is 0 Å². The normalized spacial score (nSPS) is 12.8. The van der Waals surface area contributed by atoms with E-state index in [2.05, 4.69) is 67.4 Å². The lowest BCUT2D eigenvalue weighted by Gasteiger charge is -2.10. The van der Waals surface area contributed by atoms with Crippen LogP contribution in [0.2, 0.25) is 5.02 Å². The summed E-state index contributed by atoms with van der Waals surface area (Å²) in [7, 11) is 0. The summed E-state index contributed by atoms with van der Waals surface area (Å²) in [5.74, 6) is 0. The SMILES string of the molecule is Cc1cc(C(Br)c2cc(Cl)ccc2I)sc1Br. The van der Waals surface area contributed by atoms with Crippen molar-refractivity contribution in [1.82, 2.24) is 0 Å². The van der Waals surface area contributed by atoms with Crippen molar-refractivity contribution in [3.63, 3.8) is 0 Å². The Kier molecular flexibility index (Phi) is 4.97. The van der Waals surface area contributed by atoms with E-state index in [0.717, 1.165) is 5.02 Å². The van der Waals surface area contributed by atoms with Gasteiger partial charge in [-0.3, -0.25) is 0 Å². The average molecular weight is 506 g/mol. The maximum Gasteiger partial charge on any atom is 0.0749 e. The zero-order valence-corrected chi connectivity index (χ0v) is 15.7. The van der Waals surface area contributed by atoms with Crippen LogP contribution >= 0.6 is 77.4 Å². The van der Waals surface area contributed by atoms with Gasteiger partial charge >= 0.3 is 0 Å². The Morgan fingerprint density at radius 3 is 2.65 bits per heavy atom. The molecule has 0 aliphatic carbocycles. The topological polar surface area (TPSA) is 0 Å². The molecule has 0 radical (unpaired) electrons. The maximum absolute atomic E-state index is 6.05. The first-order chi connectivity index (χ1) is 7.99. The number of rotatable bonds is 2. The molecular weight excluding hydrogens is 498 g/mol. The Morgan fingerprint density at radius 2 is 2.06 bits per heavy atom. The van der Waals surface area contributed by atoms with Crippen molar-refractivity contribution in [2.75, 3.05) is 0 Å². The van der Waals surface area contributed by atoms with Crippen LogP contribution in [-0.4, -0.2) is 0 Å². The molecule has 2 aromatic rings. The number of hydrogen-bond acceptors (Lipinski definition) is 1. The molecule has 2 rings (SSSR count). The molecule has 0 saturated heterocycles. The van der Waals surface area contributed by atoms with Crippen LogP contribution < -0.4 is 0 Å². The van der Waals surface area contributed by atoms with E-state index in [1.54, 1.807) is 11.3 Å². The van der Waals surface area contributed by atoms with Gasteiger partial charge in [0.1, 0.15) is 0 Å². The molecular formula is C12H8Br2ClIS. The van der Waals surface area contributed by atoms with E-state index >= 15 is 0 Å². The predicted octanol–water partition coefficient (Wildman–Crippen LogP) is 6.56. The summed E-state index contributed by atoms with van der Waals surface area (Å²) in [5, 5.41) is 0.775. The zero-order chi connectivity index (χ0) is 12.6. The van der Waals surface area contributed by atoms with Crippen molar-refractivity contribution in [2.45, 2.75) is 11.8 Å². The van der Waals surface area contributed by atoms with Crippen molar-refractivity contribution in [3.05, 3.63) is 52.6 Å². The van der Waals surface area contributed by atoms with E-state index in [1.807, 2.05) is 18.2 Å². The second-order valence-electron chi connectivity index (χ2n) is 3.63. The van der Waals surface area contributed by atoms with Crippen LogP contribution in [0.25, 0.3) is 0 Å². The lowest BCUT2D eigenvalue weighted by molar-refractivity contribution is 1.20. The molecule has 0 aliphatic heterocycles. The minimum Gasteiger partial charge on any atom is -0.131 e. The zero-order valence-electron chi connectivity index (χ0n) is 8.81.